The fourth-order valence-electron chi connectivity index (χ4n) is 3.04. The van der Waals surface area contributed by atoms with Gasteiger partial charge >= 0.3 is 0 Å². The smallest absolute Gasteiger partial charge is 0.0621 e. The summed E-state index contributed by atoms with van der Waals surface area (Å²) in [6.07, 6.45) is 8.85. The van der Waals surface area contributed by atoms with E-state index in [1.54, 1.807) is 0 Å². The highest BCUT2D eigenvalue weighted by Crippen LogP contribution is 2.30. The molecule has 3 rings (SSSR count). The molecule has 4 heteroatoms. The van der Waals surface area contributed by atoms with Crippen molar-refractivity contribution in [2.45, 2.75) is 19.4 Å². The van der Waals surface area contributed by atoms with Gasteiger partial charge in [-0.3, -0.25) is 14.9 Å². The zero-order valence-corrected chi connectivity index (χ0v) is 12.5. The molecule has 1 atom stereocenters. The standard InChI is InChI=1S/C17H22N4/c1-14-12-20-8-5-16(14)17(15-4-2-6-19-13-15)21-10-3-7-18-9-11-21/h2,4-6,8,12-13,17-18H,3,7,9-11H2,1H3. The number of aryl methyl sites for hydroxylation is 1. The van der Waals surface area contributed by atoms with E-state index in [9.17, 15) is 0 Å². The van der Waals surface area contributed by atoms with E-state index < -0.39 is 0 Å². The molecule has 0 aliphatic carbocycles. The molecule has 1 saturated heterocycles. The van der Waals surface area contributed by atoms with E-state index in [1.807, 2.05) is 30.9 Å². The molecule has 2 aromatic rings. The van der Waals surface area contributed by atoms with Crippen LogP contribution in [0.15, 0.2) is 43.0 Å². The number of aromatic nitrogens is 2. The molecule has 0 bridgehead atoms. The topological polar surface area (TPSA) is 41.1 Å². The highest BCUT2D eigenvalue weighted by Gasteiger charge is 2.24. The minimum Gasteiger partial charge on any atom is -0.315 e. The molecular weight excluding hydrogens is 260 g/mol. The van der Waals surface area contributed by atoms with Crippen LogP contribution >= 0.6 is 0 Å². The minimum atomic E-state index is 0.265. The third-order valence-corrected chi connectivity index (χ3v) is 4.10. The van der Waals surface area contributed by atoms with Crippen LogP contribution in [-0.2, 0) is 0 Å². The van der Waals surface area contributed by atoms with Crippen LogP contribution in [0, 0.1) is 6.92 Å². The predicted molar refractivity (Wildman–Crippen MR) is 84.1 cm³/mol. The molecule has 0 saturated carbocycles. The first-order valence-electron chi connectivity index (χ1n) is 7.61. The summed E-state index contributed by atoms with van der Waals surface area (Å²) in [7, 11) is 0. The Balaban J connectivity index is 2.00. The van der Waals surface area contributed by atoms with Crippen molar-refractivity contribution in [2.75, 3.05) is 26.2 Å². The quantitative estimate of drug-likeness (QED) is 0.937. The SMILES string of the molecule is Cc1cnccc1C(c1cccnc1)N1CCCNCC1. The van der Waals surface area contributed by atoms with E-state index in [4.69, 9.17) is 0 Å². The Morgan fingerprint density at radius 1 is 1.10 bits per heavy atom. The maximum absolute atomic E-state index is 4.32. The largest absolute Gasteiger partial charge is 0.315 e. The van der Waals surface area contributed by atoms with Gasteiger partial charge in [0.2, 0.25) is 0 Å². The first-order valence-corrected chi connectivity index (χ1v) is 7.61. The third-order valence-electron chi connectivity index (χ3n) is 4.10. The summed E-state index contributed by atoms with van der Waals surface area (Å²) in [4.78, 5) is 11.1. The van der Waals surface area contributed by atoms with Crippen LogP contribution in [0.4, 0.5) is 0 Å². The van der Waals surface area contributed by atoms with Gasteiger partial charge in [-0.25, -0.2) is 0 Å². The van der Waals surface area contributed by atoms with Crippen LogP contribution in [0.3, 0.4) is 0 Å². The zero-order chi connectivity index (χ0) is 14.5. The molecule has 1 N–H and O–H groups in total. The van der Waals surface area contributed by atoms with E-state index in [0.717, 1.165) is 26.2 Å². The molecular formula is C17H22N4. The normalized spacial score (nSPS) is 18.1. The maximum atomic E-state index is 4.32. The van der Waals surface area contributed by atoms with E-state index in [1.165, 1.54) is 23.1 Å². The third kappa shape index (κ3) is 3.28. The van der Waals surface area contributed by atoms with Gasteiger partial charge in [-0.15, -0.1) is 0 Å². The molecule has 0 amide bonds. The lowest BCUT2D eigenvalue weighted by atomic mass is 9.96. The van der Waals surface area contributed by atoms with Crippen molar-refractivity contribution in [1.82, 2.24) is 20.2 Å². The lowest BCUT2D eigenvalue weighted by Crippen LogP contribution is -2.33. The number of hydrogen-bond donors (Lipinski definition) is 1. The van der Waals surface area contributed by atoms with E-state index >= 15 is 0 Å². The summed E-state index contributed by atoms with van der Waals surface area (Å²) in [5, 5.41) is 3.48. The molecule has 1 unspecified atom stereocenters. The molecule has 1 aliphatic rings. The summed E-state index contributed by atoms with van der Waals surface area (Å²) >= 11 is 0. The average molecular weight is 282 g/mol. The molecule has 1 aliphatic heterocycles. The van der Waals surface area contributed by atoms with Crippen LogP contribution in [0.1, 0.15) is 29.2 Å². The fourth-order valence-corrected chi connectivity index (χ4v) is 3.04. The Kier molecular flexibility index (Phi) is 4.58. The van der Waals surface area contributed by atoms with Crippen LogP contribution in [-0.4, -0.2) is 41.0 Å². The number of pyridine rings is 2. The van der Waals surface area contributed by atoms with Crippen molar-refractivity contribution < 1.29 is 0 Å². The van der Waals surface area contributed by atoms with Crippen molar-refractivity contribution in [1.29, 1.82) is 0 Å². The monoisotopic (exact) mass is 282 g/mol. The molecule has 2 aromatic heterocycles. The number of rotatable bonds is 3. The second-order valence-corrected chi connectivity index (χ2v) is 5.56. The van der Waals surface area contributed by atoms with Gasteiger partial charge in [0, 0.05) is 44.4 Å². The Morgan fingerprint density at radius 2 is 2.00 bits per heavy atom. The van der Waals surface area contributed by atoms with Crippen molar-refractivity contribution >= 4 is 0 Å². The average Bonchev–Trinajstić information content (AvgIpc) is 2.80. The van der Waals surface area contributed by atoms with Gasteiger partial charge in [0.25, 0.3) is 0 Å². The lowest BCUT2D eigenvalue weighted by Gasteiger charge is -2.31. The highest BCUT2D eigenvalue weighted by atomic mass is 15.2. The first-order chi connectivity index (χ1) is 10.4. The number of hydrogen-bond acceptors (Lipinski definition) is 4. The molecule has 4 nitrogen and oxygen atoms in total. The van der Waals surface area contributed by atoms with Crippen molar-refractivity contribution in [2.24, 2.45) is 0 Å². The number of nitrogens with zero attached hydrogens (tertiary/aromatic N) is 3. The zero-order valence-electron chi connectivity index (χ0n) is 12.5. The van der Waals surface area contributed by atoms with Crippen molar-refractivity contribution in [3.05, 3.63) is 59.7 Å². The van der Waals surface area contributed by atoms with Crippen LogP contribution < -0.4 is 5.32 Å². The molecule has 110 valence electrons. The second-order valence-electron chi connectivity index (χ2n) is 5.56. The summed E-state index contributed by atoms with van der Waals surface area (Å²) in [6, 6.07) is 6.61. The first kappa shape index (κ1) is 14.2. The lowest BCUT2D eigenvalue weighted by molar-refractivity contribution is 0.240. The van der Waals surface area contributed by atoms with Gasteiger partial charge in [0.15, 0.2) is 0 Å². The van der Waals surface area contributed by atoms with Gasteiger partial charge in [-0.05, 0) is 48.7 Å². The molecule has 0 radical (unpaired) electrons. The summed E-state index contributed by atoms with van der Waals surface area (Å²) in [6.45, 7) is 6.45. The molecule has 3 heterocycles. The Hall–Kier alpha value is -1.78. The maximum Gasteiger partial charge on any atom is 0.0621 e. The van der Waals surface area contributed by atoms with Crippen molar-refractivity contribution in [3.8, 4) is 0 Å². The summed E-state index contributed by atoms with van der Waals surface area (Å²) in [5.41, 5.74) is 3.83. The Labute approximate surface area is 126 Å². The van der Waals surface area contributed by atoms with Crippen LogP contribution in [0.5, 0.6) is 0 Å². The molecule has 0 aromatic carbocycles. The molecule has 21 heavy (non-hydrogen) atoms. The molecule has 0 spiro atoms. The van der Waals surface area contributed by atoms with Gasteiger partial charge in [-0.2, -0.15) is 0 Å². The summed E-state index contributed by atoms with van der Waals surface area (Å²) in [5.74, 6) is 0. The second kappa shape index (κ2) is 6.78. The van der Waals surface area contributed by atoms with E-state index in [-0.39, 0.29) is 6.04 Å². The molecule has 1 fully saturated rings. The fraction of sp³-hybridized carbons (Fsp3) is 0.412. The van der Waals surface area contributed by atoms with Crippen LogP contribution in [0.2, 0.25) is 0 Å². The predicted octanol–water partition coefficient (Wildman–Crippen LogP) is 2.17. The minimum absolute atomic E-state index is 0.265. The highest BCUT2D eigenvalue weighted by molar-refractivity contribution is 5.34. The van der Waals surface area contributed by atoms with Crippen molar-refractivity contribution in [3.63, 3.8) is 0 Å². The van der Waals surface area contributed by atoms with Gasteiger partial charge in [0.1, 0.15) is 0 Å². The van der Waals surface area contributed by atoms with Gasteiger partial charge in [-0.1, -0.05) is 6.07 Å². The van der Waals surface area contributed by atoms with Gasteiger partial charge < -0.3 is 5.32 Å². The van der Waals surface area contributed by atoms with Gasteiger partial charge in [0.05, 0.1) is 6.04 Å². The van der Waals surface area contributed by atoms with Crippen LogP contribution in [0.25, 0.3) is 0 Å². The summed E-state index contributed by atoms with van der Waals surface area (Å²) < 4.78 is 0. The van der Waals surface area contributed by atoms with E-state index in [2.05, 4.69) is 39.2 Å². The number of nitrogens with one attached hydrogen (secondary N) is 1. The Bertz CT molecular complexity index is 562. The Morgan fingerprint density at radius 3 is 2.81 bits per heavy atom. The van der Waals surface area contributed by atoms with E-state index in [0.29, 0.717) is 0 Å².